The summed E-state index contributed by atoms with van der Waals surface area (Å²) in [6.45, 7) is 6.17. The molecule has 0 aliphatic rings. The van der Waals surface area contributed by atoms with E-state index in [0.29, 0.717) is 28.1 Å². The second-order valence-electron chi connectivity index (χ2n) is 7.62. The van der Waals surface area contributed by atoms with Gasteiger partial charge in [0.2, 0.25) is 5.91 Å². The number of fused-ring (bicyclic) bond motifs is 2. The number of nitrogens with zero attached hydrogens (tertiary/aromatic N) is 5. The second kappa shape index (κ2) is 5.54. The second-order valence-corrected chi connectivity index (χ2v) is 7.62. The van der Waals surface area contributed by atoms with Gasteiger partial charge in [-0.25, -0.2) is 14.6 Å². The number of carbonyl (C=O) groups excluding carboxylic acids is 1. The monoisotopic (exact) mass is 363 g/mol. The lowest BCUT2D eigenvalue weighted by Crippen LogP contribution is -2.23. The van der Waals surface area contributed by atoms with Crippen molar-refractivity contribution in [2.75, 3.05) is 5.73 Å². The molecule has 0 spiro atoms. The van der Waals surface area contributed by atoms with Crippen molar-refractivity contribution < 1.29 is 4.79 Å². The molecule has 4 N–H and O–H groups in total. The molecule has 8 nitrogen and oxygen atoms in total. The van der Waals surface area contributed by atoms with Crippen molar-refractivity contribution in [3.8, 4) is 11.4 Å². The molecular formula is C19H21N7O. The molecule has 0 unspecified atom stereocenters. The van der Waals surface area contributed by atoms with Crippen molar-refractivity contribution in [1.82, 2.24) is 24.3 Å². The van der Waals surface area contributed by atoms with Crippen LogP contribution in [0.1, 0.15) is 31.1 Å². The van der Waals surface area contributed by atoms with Crippen LogP contribution in [0.25, 0.3) is 33.3 Å². The molecule has 0 saturated heterocycles. The van der Waals surface area contributed by atoms with Crippen LogP contribution < -0.4 is 11.5 Å². The first-order valence-corrected chi connectivity index (χ1v) is 8.58. The van der Waals surface area contributed by atoms with E-state index in [-0.39, 0.29) is 5.54 Å². The molecule has 1 amide bonds. The van der Waals surface area contributed by atoms with Gasteiger partial charge < -0.3 is 16.0 Å². The van der Waals surface area contributed by atoms with E-state index in [1.807, 2.05) is 28.4 Å². The molecule has 0 bridgehead atoms. The Morgan fingerprint density at radius 3 is 2.56 bits per heavy atom. The number of anilines is 1. The third kappa shape index (κ3) is 2.52. The highest BCUT2D eigenvalue weighted by molar-refractivity contribution is 6.02. The zero-order chi connectivity index (χ0) is 19.5. The fourth-order valence-electron chi connectivity index (χ4n) is 3.33. The molecule has 4 aromatic rings. The van der Waals surface area contributed by atoms with Crippen molar-refractivity contribution in [3.05, 3.63) is 36.2 Å². The third-order valence-electron chi connectivity index (χ3n) is 4.70. The Bertz CT molecular complexity index is 1210. The average Bonchev–Trinajstić information content (AvgIpc) is 3.13. The highest BCUT2D eigenvalue weighted by atomic mass is 16.1. The lowest BCUT2D eigenvalue weighted by molar-refractivity contribution is 0.100. The van der Waals surface area contributed by atoms with Gasteiger partial charge >= 0.3 is 0 Å². The normalized spacial score (nSPS) is 12.1. The Hall–Kier alpha value is -3.42. The van der Waals surface area contributed by atoms with Crippen LogP contribution in [0.15, 0.2) is 30.6 Å². The molecule has 0 fully saturated rings. The molecule has 0 saturated carbocycles. The number of hydrogen-bond donors (Lipinski definition) is 2. The molecule has 0 atom stereocenters. The van der Waals surface area contributed by atoms with Gasteiger partial charge in [0.15, 0.2) is 5.65 Å². The van der Waals surface area contributed by atoms with Crippen LogP contribution in [0.4, 0.5) is 5.82 Å². The van der Waals surface area contributed by atoms with Gasteiger partial charge in [-0.2, -0.15) is 5.10 Å². The molecule has 138 valence electrons. The van der Waals surface area contributed by atoms with Crippen molar-refractivity contribution in [2.45, 2.75) is 26.3 Å². The van der Waals surface area contributed by atoms with E-state index in [4.69, 9.17) is 16.6 Å². The van der Waals surface area contributed by atoms with E-state index in [1.165, 1.54) is 6.33 Å². The fraction of sp³-hybridized carbons (Fsp3) is 0.263. The molecule has 1 aromatic carbocycles. The number of benzene rings is 1. The van der Waals surface area contributed by atoms with Gasteiger partial charge in [0, 0.05) is 23.5 Å². The molecule has 0 aliphatic carbocycles. The van der Waals surface area contributed by atoms with Crippen molar-refractivity contribution in [2.24, 2.45) is 12.8 Å². The lowest BCUT2D eigenvalue weighted by atomic mass is 10.1. The Balaban J connectivity index is 2.06. The highest BCUT2D eigenvalue weighted by Gasteiger charge is 2.25. The van der Waals surface area contributed by atoms with E-state index >= 15 is 0 Å². The molecule has 3 aromatic heterocycles. The SMILES string of the molecule is Cn1c(-c2nn(C(C)(C)C)c3ncnc(N)c23)cc2ccc(C(N)=O)cc21. The molecule has 27 heavy (non-hydrogen) atoms. The predicted octanol–water partition coefficient (Wildman–Crippen LogP) is 2.42. The number of primary amides is 1. The molecule has 3 heterocycles. The number of rotatable bonds is 2. The van der Waals surface area contributed by atoms with Crippen LogP contribution in [0.3, 0.4) is 0 Å². The molecule has 0 aliphatic heterocycles. The first-order valence-electron chi connectivity index (χ1n) is 8.58. The van der Waals surface area contributed by atoms with Crippen LogP contribution >= 0.6 is 0 Å². The third-order valence-corrected chi connectivity index (χ3v) is 4.70. The number of nitrogens with two attached hydrogens (primary N) is 2. The van der Waals surface area contributed by atoms with Crippen molar-refractivity contribution >= 4 is 33.7 Å². The Labute approximate surface area is 155 Å². The number of hydrogen-bond acceptors (Lipinski definition) is 5. The zero-order valence-electron chi connectivity index (χ0n) is 15.7. The quantitative estimate of drug-likeness (QED) is 0.567. The summed E-state index contributed by atoms with van der Waals surface area (Å²) in [5, 5.41) is 6.52. The molecule has 0 radical (unpaired) electrons. The number of amides is 1. The Morgan fingerprint density at radius 1 is 1.15 bits per heavy atom. The van der Waals surface area contributed by atoms with Crippen LogP contribution in [0.2, 0.25) is 0 Å². The van der Waals surface area contributed by atoms with Gasteiger partial charge in [0.25, 0.3) is 0 Å². The first kappa shape index (κ1) is 17.0. The summed E-state index contributed by atoms with van der Waals surface area (Å²) in [5.74, 6) is -0.0756. The number of nitrogen functional groups attached to an aromatic ring is 1. The van der Waals surface area contributed by atoms with E-state index in [1.54, 1.807) is 12.1 Å². The minimum absolute atomic E-state index is 0.277. The number of aromatic nitrogens is 5. The predicted molar refractivity (Wildman–Crippen MR) is 105 cm³/mol. The largest absolute Gasteiger partial charge is 0.383 e. The van der Waals surface area contributed by atoms with Crippen LogP contribution in [0.5, 0.6) is 0 Å². The number of carbonyl (C=O) groups is 1. The van der Waals surface area contributed by atoms with Gasteiger partial charge in [-0.3, -0.25) is 4.79 Å². The van der Waals surface area contributed by atoms with E-state index in [9.17, 15) is 4.79 Å². The highest BCUT2D eigenvalue weighted by Crippen LogP contribution is 2.35. The smallest absolute Gasteiger partial charge is 0.248 e. The van der Waals surface area contributed by atoms with E-state index in [2.05, 4.69) is 30.7 Å². The summed E-state index contributed by atoms with van der Waals surface area (Å²) < 4.78 is 3.84. The maximum Gasteiger partial charge on any atom is 0.248 e. The Kier molecular flexibility index (Phi) is 3.49. The first-order chi connectivity index (χ1) is 12.7. The lowest BCUT2D eigenvalue weighted by Gasteiger charge is -2.19. The summed E-state index contributed by atoms with van der Waals surface area (Å²) in [4.78, 5) is 20.1. The topological polar surface area (TPSA) is 118 Å². The van der Waals surface area contributed by atoms with Crippen LogP contribution in [-0.4, -0.2) is 30.2 Å². The number of aryl methyl sites for hydroxylation is 1. The fourth-order valence-corrected chi connectivity index (χ4v) is 3.33. The average molecular weight is 363 g/mol. The summed E-state index contributed by atoms with van der Waals surface area (Å²) in [6.07, 6.45) is 1.45. The minimum Gasteiger partial charge on any atom is -0.383 e. The van der Waals surface area contributed by atoms with Gasteiger partial charge in [-0.1, -0.05) is 6.07 Å². The van der Waals surface area contributed by atoms with Crippen molar-refractivity contribution in [3.63, 3.8) is 0 Å². The van der Waals surface area contributed by atoms with E-state index in [0.717, 1.165) is 16.6 Å². The summed E-state index contributed by atoms with van der Waals surface area (Å²) in [6, 6.07) is 7.39. The molecular weight excluding hydrogens is 342 g/mol. The maximum atomic E-state index is 11.5. The standard InChI is InChI=1S/C19H21N7O/c1-19(2,3)26-18-14(16(20)22-9-23-18)15(24-26)13-7-10-5-6-11(17(21)27)8-12(10)25(13)4/h5-9H,1-4H3,(H2,21,27)(H2,20,22,23). The maximum absolute atomic E-state index is 11.5. The minimum atomic E-state index is -0.459. The van der Waals surface area contributed by atoms with Gasteiger partial charge in [-0.05, 0) is 39.0 Å². The summed E-state index contributed by atoms with van der Waals surface area (Å²) in [5.41, 5.74) is 14.9. The van der Waals surface area contributed by atoms with Crippen molar-refractivity contribution in [1.29, 1.82) is 0 Å². The zero-order valence-corrected chi connectivity index (χ0v) is 15.7. The summed E-state index contributed by atoms with van der Waals surface area (Å²) >= 11 is 0. The van der Waals surface area contributed by atoms with Gasteiger partial charge in [0.1, 0.15) is 17.8 Å². The summed E-state index contributed by atoms with van der Waals surface area (Å²) in [7, 11) is 1.92. The van der Waals surface area contributed by atoms with Gasteiger partial charge in [-0.15, -0.1) is 0 Å². The molecule has 8 heteroatoms. The van der Waals surface area contributed by atoms with Gasteiger partial charge in [0.05, 0.1) is 16.6 Å². The van der Waals surface area contributed by atoms with Crippen LogP contribution in [0, 0.1) is 0 Å². The molecule has 4 rings (SSSR count). The van der Waals surface area contributed by atoms with Crippen LogP contribution in [-0.2, 0) is 12.6 Å². The Morgan fingerprint density at radius 2 is 1.89 bits per heavy atom. The van der Waals surface area contributed by atoms with E-state index < -0.39 is 5.91 Å².